The summed E-state index contributed by atoms with van der Waals surface area (Å²) in [6.07, 6.45) is 1.57. The molecule has 0 atom stereocenters. The maximum Gasteiger partial charge on any atom is 0.260 e. The number of ketones is 1. The van der Waals surface area contributed by atoms with Crippen molar-refractivity contribution in [3.05, 3.63) is 53.1 Å². The van der Waals surface area contributed by atoms with Crippen molar-refractivity contribution < 1.29 is 23.8 Å². The lowest BCUT2D eigenvalue weighted by Gasteiger charge is -2.44. The third-order valence-corrected chi connectivity index (χ3v) is 6.47. The van der Waals surface area contributed by atoms with Crippen LogP contribution in [-0.4, -0.2) is 49.0 Å². The summed E-state index contributed by atoms with van der Waals surface area (Å²) in [6.45, 7) is 7.35. The van der Waals surface area contributed by atoms with Crippen molar-refractivity contribution >= 4 is 11.7 Å². The van der Waals surface area contributed by atoms with Crippen LogP contribution in [0.5, 0.6) is 17.2 Å². The maximum atomic E-state index is 12.8. The van der Waals surface area contributed by atoms with E-state index in [2.05, 4.69) is 26.0 Å². The van der Waals surface area contributed by atoms with Crippen LogP contribution in [0.25, 0.3) is 0 Å². The van der Waals surface area contributed by atoms with Crippen molar-refractivity contribution in [2.24, 2.45) is 0 Å². The molecule has 32 heavy (non-hydrogen) atoms. The molecular weight excluding hydrogens is 406 g/mol. The Balaban J connectivity index is 1.37. The summed E-state index contributed by atoms with van der Waals surface area (Å²) in [6, 6.07) is 11.5. The largest absolute Gasteiger partial charge is 0.497 e. The van der Waals surface area contributed by atoms with Gasteiger partial charge in [0.1, 0.15) is 22.8 Å². The molecule has 6 heteroatoms. The highest BCUT2D eigenvalue weighted by atomic mass is 16.5. The van der Waals surface area contributed by atoms with Gasteiger partial charge in [-0.3, -0.25) is 9.59 Å². The minimum atomic E-state index is -0.544. The van der Waals surface area contributed by atoms with E-state index in [1.165, 1.54) is 0 Å². The van der Waals surface area contributed by atoms with Crippen LogP contribution < -0.4 is 14.2 Å². The second-order valence-electron chi connectivity index (χ2n) is 9.11. The summed E-state index contributed by atoms with van der Waals surface area (Å²) in [5, 5.41) is 0. The van der Waals surface area contributed by atoms with Gasteiger partial charge >= 0.3 is 0 Å². The molecule has 0 unspecified atom stereocenters. The first kappa shape index (κ1) is 22.2. The molecule has 0 aliphatic carbocycles. The Morgan fingerprint density at radius 2 is 1.91 bits per heavy atom. The van der Waals surface area contributed by atoms with Crippen LogP contribution in [0.4, 0.5) is 0 Å². The van der Waals surface area contributed by atoms with Crippen molar-refractivity contribution in [2.75, 3.05) is 26.8 Å². The molecule has 170 valence electrons. The SMILES string of the molecule is COc1ccc2c(c1)C(=O)CC1(CCN(C(=O)COc3cc(C)ccc3C(C)C)CC1)O2. The average Bonchev–Trinajstić information content (AvgIpc) is 2.77. The van der Waals surface area contributed by atoms with Gasteiger partial charge in [0.15, 0.2) is 12.4 Å². The number of aryl methyl sites for hydroxylation is 1. The van der Waals surface area contributed by atoms with E-state index in [1.54, 1.807) is 25.3 Å². The van der Waals surface area contributed by atoms with Gasteiger partial charge in [-0.25, -0.2) is 0 Å². The minimum Gasteiger partial charge on any atom is -0.497 e. The standard InChI is InChI=1S/C26H31NO5/c1-17(2)20-7-5-18(3)13-24(20)31-16-25(29)27-11-9-26(10-12-27)15-22(28)21-14-19(30-4)6-8-23(21)32-26/h5-8,13-14,17H,9-12,15-16H2,1-4H3. The Bertz CT molecular complexity index is 1020. The summed E-state index contributed by atoms with van der Waals surface area (Å²) in [5.74, 6) is 2.36. The molecule has 2 aromatic rings. The number of ether oxygens (including phenoxy) is 3. The van der Waals surface area contributed by atoms with E-state index in [1.807, 2.05) is 17.9 Å². The van der Waals surface area contributed by atoms with Gasteiger partial charge in [-0.15, -0.1) is 0 Å². The fourth-order valence-electron chi connectivity index (χ4n) is 4.52. The predicted octanol–water partition coefficient (Wildman–Crippen LogP) is 4.53. The van der Waals surface area contributed by atoms with Crippen molar-refractivity contribution in [3.8, 4) is 17.2 Å². The second-order valence-corrected chi connectivity index (χ2v) is 9.11. The smallest absolute Gasteiger partial charge is 0.260 e. The van der Waals surface area contributed by atoms with Crippen molar-refractivity contribution in [3.63, 3.8) is 0 Å². The fourth-order valence-corrected chi connectivity index (χ4v) is 4.52. The summed E-state index contributed by atoms with van der Waals surface area (Å²) < 4.78 is 17.4. The van der Waals surface area contributed by atoms with Crippen LogP contribution in [-0.2, 0) is 4.79 Å². The monoisotopic (exact) mass is 437 g/mol. The molecule has 2 aliphatic heterocycles. The number of Topliss-reactive ketones (excluding diaryl/α,β-unsaturated/α-hetero) is 1. The highest BCUT2D eigenvalue weighted by molar-refractivity contribution is 6.00. The van der Waals surface area contributed by atoms with Crippen LogP contribution in [0.1, 0.15) is 60.5 Å². The minimum absolute atomic E-state index is 0.0125. The van der Waals surface area contributed by atoms with E-state index in [-0.39, 0.29) is 18.3 Å². The number of fused-ring (bicyclic) bond motifs is 1. The third-order valence-electron chi connectivity index (χ3n) is 6.47. The van der Waals surface area contributed by atoms with Gasteiger partial charge in [0.05, 0.1) is 19.1 Å². The number of hydrogen-bond donors (Lipinski definition) is 0. The predicted molar refractivity (Wildman–Crippen MR) is 122 cm³/mol. The molecule has 1 spiro atoms. The maximum absolute atomic E-state index is 12.8. The molecule has 6 nitrogen and oxygen atoms in total. The zero-order valence-corrected chi connectivity index (χ0v) is 19.3. The van der Waals surface area contributed by atoms with Crippen LogP contribution in [0.2, 0.25) is 0 Å². The van der Waals surface area contributed by atoms with Gasteiger partial charge in [0.2, 0.25) is 0 Å². The topological polar surface area (TPSA) is 65.1 Å². The third kappa shape index (κ3) is 4.45. The fraction of sp³-hybridized carbons (Fsp3) is 0.462. The number of nitrogens with zero attached hydrogens (tertiary/aromatic N) is 1. The molecule has 0 N–H and O–H groups in total. The van der Waals surface area contributed by atoms with Gasteiger partial charge in [0, 0.05) is 25.9 Å². The van der Waals surface area contributed by atoms with E-state index in [9.17, 15) is 9.59 Å². The Morgan fingerprint density at radius 1 is 1.16 bits per heavy atom. The zero-order chi connectivity index (χ0) is 22.9. The number of rotatable bonds is 5. The first-order valence-corrected chi connectivity index (χ1v) is 11.2. The van der Waals surface area contributed by atoms with Crippen LogP contribution in [0.15, 0.2) is 36.4 Å². The second kappa shape index (κ2) is 8.85. The highest BCUT2D eigenvalue weighted by Crippen LogP contribution is 2.40. The first-order chi connectivity index (χ1) is 15.3. The van der Waals surface area contributed by atoms with Crippen molar-refractivity contribution in [1.82, 2.24) is 4.90 Å². The molecule has 1 saturated heterocycles. The molecule has 1 amide bonds. The van der Waals surface area contributed by atoms with E-state index < -0.39 is 5.60 Å². The molecule has 2 aromatic carbocycles. The number of methoxy groups -OCH3 is 1. The number of carbonyl (C=O) groups is 2. The Labute approximate surface area is 189 Å². The quantitative estimate of drug-likeness (QED) is 0.688. The number of piperidine rings is 1. The average molecular weight is 438 g/mol. The number of benzene rings is 2. The lowest BCUT2D eigenvalue weighted by Crippen LogP contribution is -2.53. The zero-order valence-electron chi connectivity index (χ0n) is 19.3. The van der Waals surface area contributed by atoms with Crippen LogP contribution in [0, 0.1) is 6.92 Å². The number of amides is 1. The van der Waals surface area contributed by atoms with Gasteiger partial charge in [0.25, 0.3) is 5.91 Å². The van der Waals surface area contributed by atoms with Gasteiger partial charge in [-0.05, 0) is 48.2 Å². The summed E-state index contributed by atoms with van der Waals surface area (Å²) in [7, 11) is 1.58. The summed E-state index contributed by atoms with van der Waals surface area (Å²) in [4.78, 5) is 27.4. The lowest BCUT2D eigenvalue weighted by molar-refractivity contribution is -0.136. The van der Waals surface area contributed by atoms with Gasteiger partial charge in [-0.2, -0.15) is 0 Å². The normalized spacial score (nSPS) is 17.2. The highest BCUT2D eigenvalue weighted by Gasteiger charge is 2.43. The molecular formula is C26H31NO5. The lowest BCUT2D eigenvalue weighted by atomic mass is 9.82. The Morgan fingerprint density at radius 3 is 2.59 bits per heavy atom. The van der Waals surface area contributed by atoms with Crippen LogP contribution in [0.3, 0.4) is 0 Å². The molecule has 0 radical (unpaired) electrons. The number of carbonyl (C=O) groups excluding carboxylic acids is 2. The summed E-state index contributed by atoms with van der Waals surface area (Å²) in [5.41, 5.74) is 2.23. The first-order valence-electron chi connectivity index (χ1n) is 11.2. The van der Waals surface area contributed by atoms with E-state index in [0.717, 1.165) is 16.9 Å². The van der Waals surface area contributed by atoms with E-state index in [0.29, 0.717) is 55.3 Å². The number of likely N-dealkylation sites (tertiary alicyclic amines) is 1. The van der Waals surface area contributed by atoms with Gasteiger partial charge < -0.3 is 19.1 Å². The number of hydrogen-bond acceptors (Lipinski definition) is 5. The van der Waals surface area contributed by atoms with Crippen LogP contribution >= 0.6 is 0 Å². The van der Waals surface area contributed by atoms with E-state index >= 15 is 0 Å². The van der Waals surface area contributed by atoms with E-state index in [4.69, 9.17) is 14.2 Å². The molecule has 1 fully saturated rings. The molecule has 0 bridgehead atoms. The molecule has 2 aliphatic rings. The van der Waals surface area contributed by atoms with Gasteiger partial charge in [-0.1, -0.05) is 26.0 Å². The molecule has 0 saturated carbocycles. The molecule has 2 heterocycles. The molecule has 0 aromatic heterocycles. The summed E-state index contributed by atoms with van der Waals surface area (Å²) >= 11 is 0. The van der Waals surface area contributed by atoms with Crippen molar-refractivity contribution in [2.45, 2.75) is 51.6 Å². The Hall–Kier alpha value is -3.02. The van der Waals surface area contributed by atoms with Crippen molar-refractivity contribution in [1.29, 1.82) is 0 Å². The Kier molecular flexibility index (Phi) is 6.13. The molecule has 4 rings (SSSR count).